The zero-order valence-electron chi connectivity index (χ0n) is 16.3. The van der Waals surface area contributed by atoms with Gasteiger partial charge in [0.15, 0.2) is 0 Å². The van der Waals surface area contributed by atoms with Crippen LogP contribution < -0.4 is 4.74 Å². The summed E-state index contributed by atoms with van der Waals surface area (Å²) < 4.78 is 5.75. The fraction of sp³-hybridized carbons (Fsp3) is 0.375. The molecule has 1 saturated carbocycles. The van der Waals surface area contributed by atoms with E-state index in [9.17, 15) is 4.79 Å². The van der Waals surface area contributed by atoms with Crippen molar-refractivity contribution in [2.24, 2.45) is 5.92 Å². The van der Waals surface area contributed by atoms with Crippen LogP contribution in [0.15, 0.2) is 48.5 Å². The second kappa shape index (κ2) is 7.01. The summed E-state index contributed by atoms with van der Waals surface area (Å²) in [5.41, 5.74) is 4.77. The van der Waals surface area contributed by atoms with Crippen molar-refractivity contribution in [3.63, 3.8) is 0 Å². The Balaban J connectivity index is 1.63. The summed E-state index contributed by atoms with van der Waals surface area (Å²) in [6.45, 7) is 3.40. The molecule has 1 aliphatic carbocycles. The van der Waals surface area contributed by atoms with Crippen LogP contribution >= 0.6 is 0 Å². The summed E-state index contributed by atoms with van der Waals surface area (Å²) in [7, 11) is 0. The Bertz CT molecular complexity index is 1020. The number of rotatable bonds is 4. The average molecular weight is 374 g/mol. The Labute approximate surface area is 165 Å². The minimum atomic E-state index is -0.0790. The highest BCUT2D eigenvalue weighted by molar-refractivity contribution is 5.87. The molecule has 2 heterocycles. The molecule has 0 radical (unpaired) electrons. The van der Waals surface area contributed by atoms with Gasteiger partial charge < -0.3 is 14.6 Å². The molecule has 4 heteroatoms. The third-order valence-electron chi connectivity index (χ3n) is 6.26. The number of hydrogen-bond donors (Lipinski definition) is 1. The smallest absolute Gasteiger partial charge is 0.226 e. The number of aromatic nitrogens is 1. The number of para-hydroxylation sites is 1. The molecule has 0 saturated heterocycles. The van der Waals surface area contributed by atoms with Gasteiger partial charge in [-0.05, 0) is 55.5 Å². The van der Waals surface area contributed by atoms with Gasteiger partial charge in [0, 0.05) is 29.1 Å². The maximum absolute atomic E-state index is 13.3. The molecular formula is C24H26N2O2. The Hall–Kier alpha value is -2.75. The van der Waals surface area contributed by atoms with Crippen molar-refractivity contribution in [3.05, 3.63) is 65.4 Å². The molecule has 1 fully saturated rings. The first-order valence-corrected chi connectivity index (χ1v) is 10.4. The number of ether oxygens (including phenoxy) is 1. The van der Waals surface area contributed by atoms with Crippen LogP contribution in [0.1, 0.15) is 49.0 Å². The van der Waals surface area contributed by atoms with Gasteiger partial charge in [-0.15, -0.1) is 0 Å². The number of fused-ring (bicyclic) bond motifs is 3. The lowest BCUT2D eigenvalue weighted by Gasteiger charge is -2.40. The minimum Gasteiger partial charge on any atom is -0.494 e. The molecule has 1 N–H and O–H groups in total. The molecule has 0 bridgehead atoms. The molecule has 3 aromatic rings. The van der Waals surface area contributed by atoms with E-state index in [4.69, 9.17) is 4.74 Å². The predicted octanol–water partition coefficient (Wildman–Crippen LogP) is 4.84. The van der Waals surface area contributed by atoms with E-state index in [0.29, 0.717) is 12.5 Å². The van der Waals surface area contributed by atoms with Crippen LogP contribution in [0.5, 0.6) is 5.75 Å². The number of carbonyl (C=O) groups is 1. The van der Waals surface area contributed by atoms with E-state index in [2.05, 4.69) is 46.3 Å². The van der Waals surface area contributed by atoms with Gasteiger partial charge in [-0.25, -0.2) is 0 Å². The molecule has 1 amide bonds. The van der Waals surface area contributed by atoms with E-state index in [0.717, 1.165) is 48.3 Å². The van der Waals surface area contributed by atoms with Gasteiger partial charge in [0.05, 0.1) is 12.6 Å². The van der Waals surface area contributed by atoms with Crippen LogP contribution in [0.3, 0.4) is 0 Å². The topological polar surface area (TPSA) is 45.3 Å². The third-order valence-corrected chi connectivity index (χ3v) is 6.26. The van der Waals surface area contributed by atoms with Gasteiger partial charge in [0.1, 0.15) is 5.75 Å². The Morgan fingerprint density at radius 2 is 2.04 bits per heavy atom. The SMILES string of the molecule is CCOc1cccc(C2c3[nH]c4ccccc4c3CCN2C(=O)C2CCC2)c1. The standard InChI is InChI=1S/C24H26N2O2/c1-2-28-18-10-6-9-17(15-18)23-22-20(19-11-3-4-12-21(19)25-22)13-14-26(23)24(27)16-7-5-8-16/h3-4,6,9-12,15-16,23,25H,2,5,7-8,13-14H2,1H3. The Morgan fingerprint density at radius 1 is 1.18 bits per heavy atom. The van der Waals surface area contributed by atoms with Crippen molar-refractivity contribution in [2.45, 2.75) is 38.6 Å². The molecule has 1 aliphatic heterocycles. The zero-order chi connectivity index (χ0) is 19.1. The highest BCUT2D eigenvalue weighted by atomic mass is 16.5. The number of benzene rings is 2. The van der Waals surface area contributed by atoms with Crippen LogP contribution in [-0.2, 0) is 11.2 Å². The lowest BCUT2D eigenvalue weighted by atomic mass is 9.82. The van der Waals surface area contributed by atoms with Crippen molar-refractivity contribution in [1.29, 1.82) is 0 Å². The van der Waals surface area contributed by atoms with Gasteiger partial charge in [0.2, 0.25) is 5.91 Å². The zero-order valence-corrected chi connectivity index (χ0v) is 16.3. The second-order valence-electron chi connectivity index (χ2n) is 7.88. The van der Waals surface area contributed by atoms with Crippen LogP contribution in [0, 0.1) is 5.92 Å². The van der Waals surface area contributed by atoms with E-state index in [1.807, 2.05) is 19.1 Å². The minimum absolute atomic E-state index is 0.0790. The normalized spacial score (nSPS) is 19.3. The number of carbonyl (C=O) groups excluding carboxylic acids is 1. The molecule has 28 heavy (non-hydrogen) atoms. The number of nitrogens with one attached hydrogen (secondary N) is 1. The fourth-order valence-electron chi connectivity index (χ4n) is 4.66. The van der Waals surface area contributed by atoms with E-state index in [1.54, 1.807) is 0 Å². The molecular weight excluding hydrogens is 348 g/mol. The van der Waals surface area contributed by atoms with E-state index in [-0.39, 0.29) is 12.0 Å². The molecule has 1 aromatic heterocycles. The van der Waals surface area contributed by atoms with E-state index >= 15 is 0 Å². The molecule has 4 nitrogen and oxygen atoms in total. The highest BCUT2D eigenvalue weighted by Crippen LogP contribution is 2.41. The number of nitrogens with zero attached hydrogens (tertiary/aromatic N) is 1. The molecule has 5 rings (SSSR count). The summed E-state index contributed by atoms with van der Waals surface area (Å²) in [6, 6.07) is 16.6. The lowest BCUT2D eigenvalue weighted by molar-refractivity contribution is -0.140. The van der Waals surface area contributed by atoms with Crippen molar-refractivity contribution >= 4 is 16.8 Å². The van der Waals surface area contributed by atoms with Crippen molar-refractivity contribution in [3.8, 4) is 5.75 Å². The lowest BCUT2D eigenvalue weighted by Crippen LogP contribution is -2.45. The quantitative estimate of drug-likeness (QED) is 0.710. The first-order valence-electron chi connectivity index (χ1n) is 10.4. The molecule has 0 spiro atoms. The molecule has 1 atom stereocenters. The van der Waals surface area contributed by atoms with Crippen LogP contribution in [0.4, 0.5) is 0 Å². The van der Waals surface area contributed by atoms with Crippen molar-refractivity contribution in [1.82, 2.24) is 9.88 Å². The molecule has 1 unspecified atom stereocenters. The molecule has 144 valence electrons. The summed E-state index contributed by atoms with van der Waals surface area (Å²) in [4.78, 5) is 19.0. The van der Waals surface area contributed by atoms with Crippen molar-refractivity contribution in [2.75, 3.05) is 13.2 Å². The van der Waals surface area contributed by atoms with Gasteiger partial charge in [-0.1, -0.05) is 36.8 Å². The third kappa shape index (κ3) is 2.79. The van der Waals surface area contributed by atoms with Crippen LogP contribution in [0.2, 0.25) is 0 Å². The summed E-state index contributed by atoms with van der Waals surface area (Å²) in [6.07, 6.45) is 4.13. The average Bonchev–Trinajstić information content (AvgIpc) is 3.05. The summed E-state index contributed by atoms with van der Waals surface area (Å²) in [5.74, 6) is 1.37. The predicted molar refractivity (Wildman–Crippen MR) is 111 cm³/mol. The fourth-order valence-corrected chi connectivity index (χ4v) is 4.66. The van der Waals surface area contributed by atoms with E-state index < -0.39 is 0 Å². The highest BCUT2D eigenvalue weighted by Gasteiger charge is 2.38. The van der Waals surface area contributed by atoms with Gasteiger partial charge >= 0.3 is 0 Å². The number of hydrogen-bond acceptors (Lipinski definition) is 2. The van der Waals surface area contributed by atoms with Crippen LogP contribution in [0.25, 0.3) is 10.9 Å². The van der Waals surface area contributed by atoms with E-state index in [1.165, 1.54) is 17.4 Å². The molecule has 2 aliphatic rings. The summed E-state index contributed by atoms with van der Waals surface area (Å²) >= 11 is 0. The number of aromatic amines is 1. The maximum atomic E-state index is 13.3. The summed E-state index contributed by atoms with van der Waals surface area (Å²) in [5, 5.41) is 1.28. The van der Waals surface area contributed by atoms with Crippen molar-refractivity contribution < 1.29 is 9.53 Å². The number of amides is 1. The monoisotopic (exact) mass is 374 g/mol. The Morgan fingerprint density at radius 3 is 2.82 bits per heavy atom. The maximum Gasteiger partial charge on any atom is 0.226 e. The van der Waals surface area contributed by atoms with Crippen LogP contribution in [-0.4, -0.2) is 28.9 Å². The van der Waals surface area contributed by atoms with Gasteiger partial charge in [0.25, 0.3) is 0 Å². The first-order chi connectivity index (χ1) is 13.8. The number of H-pyrrole nitrogens is 1. The van der Waals surface area contributed by atoms with Gasteiger partial charge in [-0.2, -0.15) is 0 Å². The second-order valence-corrected chi connectivity index (χ2v) is 7.88. The van der Waals surface area contributed by atoms with Gasteiger partial charge in [-0.3, -0.25) is 4.79 Å². The largest absolute Gasteiger partial charge is 0.494 e. The first kappa shape index (κ1) is 17.4. The molecule has 2 aromatic carbocycles. The Kier molecular flexibility index (Phi) is 4.34.